The highest BCUT2D eigenvalue weighted by Crippen LogP contribution is 2.28. The molecule has 0 bridgehead atoms. The molecule has 0 unspecified atom stereocenters. The summed E-state index contributed by atoms with van der Waals surface area (Å²) in [7, 11) is 0. The zero-order valence-electron chi connectivity index (χ0n) is 12.0. The molecule has 22 heavy (non-hydrogen) atoms. The second-order valence-corrected chi connectivity index (χ2v) is 5.73. The Morgan fingerprint density at radius 2 is 2.32 bits per heavy atom. The van der Waals surface area contributed by atoms with Crippen LogP contribution in [0.15, 0.2) is 41.4 Å². The molecule has 0 atom stereocenters. The Labute approximate surface area is 133 Å². The summed E-state index contributed by atoms with van der Waals surface area (Å²) in [6.45, 7) is 4.89. The van der Waals surface area contributed by atoms with Crippen LogP contribution in [0.25, 0.3) is 11.4 Å². The van der Waals surface area contributed by atoms with Gasteiger partial charge < -0.3 is 9.42 Å². The summed E-state index contributed by atoms with van der Waals surface area (Å²) in [6.07, 6.45) is 2.97. The van der Waals surface area contributed by atoms with Gasteiger partial charge in [0, 0.05) is 30.1 Å². The molecular weight excluding hydrogens is 302 g/mol. The molecule has 0 radical (unpaired) electrons. The van der Waals surface area contributed by atoms with Crippen molar-refractivity contribution in [3.63, 3.8) is 0 Å². The number of allylic oxidation sites excluding steroid dienone is 1. The van der Waals surface area contributed by atoms with Crippen LogP contribution in [-0.2, 0) is 4.79 Å². The minimum Gasteiger partial charge on any atom is -0.341 e. The fourth-order valence-corrected chi connectivity index (χ4v) is 2.56. The highest BCUT2D eigenvalue weighted by molar-refractivity contribution is 6.30. The minimum atomic E-state index is 0.119. The molecule has 114 valence electrons. The Balaban J connectivity index is 1.62. The maximum atomic E-state index is 11.8. The van der Waals surface area contributed by atoms with Crippen molar-refractivity contribution in [1.82, 2.24) is 15.0 Å². The second-order valence-electron chi connectivity index (χ2n) is 5.29. The topological polar surface area (TPSA) is 59.2 Å². The number of benzene rings is 1. The average Bonchev–Trinajstić information content (AvgIpc) is 2.93. The number of halogens is 1. The molecule has 2 heterocycles. The van der Waals surface area contributed by atoms with Gasteiger partial charge in [-0.2, -0.15) is 4.98 Å². The SMILES string of the molecule is C=CCCC(=O)N1CC(c2nc(-c3cccc(Cl)c3)no2)C1. The van der Waals surface area contributed by atoms with E-state index in [1.165, 1.54) is 0 Å². The number of carbonyl (C=O) groups is 1. The standard InChI is InChI=1S/C16H16ClN3O2/c1-2-3-7-14(21)20-9-12(10-20)16-18-15(19-22-16)11-5-4-6-13(17)8-11/h2,4-6,8,12H,1,3,7,9-10H2. The Morgan fingerprint density at radius 1 is 1.50 bits per heavy atom. The number of likely N-dealkylation sites (tertiary alicyclic amines) is 1. The molecule has 0 saturated carbocycles. The number of aromatic nitrogens is 2. The van der Waals surface area contributed by atoms with Crippen LogP contribution in [0.1, 0.15) is 24.7 Å². The molecule has 6 heteroatoms. The van der Waals surface area contributed by atoms with Gasteiger partial charge in [0.2, 0.25) is 17.6 Å². The van der Waals surface area contributed by atoms with Gasteiger partial charge in [-0.1, -0.05) is 35.0 Å². The molecule has 3 rings (SSSR count). The second kappa shape index (κ2) is 6.32. The Kier molecular flexibility index (Phi) is 4.24. The molecule has 1 amide bonds. The van der Waals surface area contributed by atoms with E-state index in [1.807, 2.05) is 12.1 Å². The van der Waals surface area contributed by atoms with E-state index in [4.69, 9.17) is 16.1 Å². The summed E-state index contributed by atoms with van der Waals surface area (Å²) in [6, 6.07) is 7.32. The van der Waals surface area contributed by atoms with Crippen molar-refractivity contribution in [3.05, 3.63) is 47.8 Å². The molecule has 1 aromatic carbocycles. The van der Waals surface area contributed by atoms with E-state index in [0.29, 0.717) is 42.7 Å². The van der Waals surface area contributed by atoms with Crippen LogP contribution in [0.5, 0.6) is 0 Å². The molecule has 0 spiro atoms. The normalized spacial score (nSPS) is 14.7. The number of amides is 1. The molecule has 1 saturated heterocycles. The lowest BCUT2D eigenvalue weighted by Crippen LogP contribution is -2.48. The first-order chi connectivity index (χ1) is 10.7. The van der Waals surface area contributed by atoms with Gasteiger partial charge in [-0.15, -0.1) is 6.58 Å². The molecule has 0 aliphatic carbocycles. The highest BCUT2D eigenvalue weighted by atomic mass is 35.5. The fourth-order valence-electron chi connectivity index (χ4n) is 2.37. The first-order valence-corrected chi connectivity index (χ1v) is 7.53. The monoisotopic (exact) mass is 317 g/mol. The van der Waals surface area contributed by atoms with Crippen molar-refractivity contribution < 1.29 is 9.32 Å². The van der Waals surface area contributed by atoms with E-state index in [1.54, 1.807) is 23.1 Å². The molecule has 1 fully saturated rings. The van der Waals surface area contributed by atoms with E-state index in [0.717, 1.165) is 5.56 Å². The molecule has 1 aliphatic rings. The van der Waals surface area contributed by atoms with Crippen molar-refractivity contribution in [2.45, 2.75) is 18.8 Å². The zero-order valence-corrected chi connectivity index (χ0v) is 12.8. The Hall–Kier alpha value is -2.14. The van der Waals surface area contributed by atoms with Crippen LogP contribution in [0.2, 0.25) is 5.02 Å². The van der Waals surface area contributed by atoms with Crippen molar-refractivity contribution in [2.75, 3.05) is 13.1 Å². The van der Waals surface area contributed by atoms with Gasteiger partial charge in [-0.05, 0) is 18.6 Å². The van der Waals surface area contributed by atoms with Crippen molar-refractivity contribution in [1.29, 1.82) is 0 Å². The van der Waals surface area contributed by atoms with Gasteiger partial charge in [0.15, 0.2) is 0 Å². The first kappa shape index (κ1) is 14.8. The van der Waals surface area contributed by atoms with E-state index >= 15 is 0 Å². The summed E-state index contributed by atoms with van der Waals surface area (Å²) in [5, 5.41) is 4.62. The number of nitrogens with zero attached hydrogens (tertiary/aromatic N) is 3. The summed E-state index contributed by atoms with van der Waals surface area (Å²) in [5.74, 6) is 1.36. The Bertz CT molecular complexity index is 692. The lowest BCUT2D eigenvalue weighted by atomic mass is 9.99. The van der Waals surface area contributed by atoms with Gasteiger partial charge in [0.1, 0.15) is 0 Å². The number of hydrogen-bond acceptors (Lipinski definition) is 4. The van der Waals surface area contributed by atoms with Crippen LogP contribution in [0.3, 0.4) is 0 Å². The predicted octanol–water partition coefficient (Wildman–Crippen LogP) is 3.28. The maximum Gasteiger partial charge on any atom is 0.233 e. The molecule has 1 aliphatic heterocycles. The lowest BCUT2D eigenvalue weighted by Gasteiger charge is -2.37. The minimum absolute atomic E-state index is 0.119. The fraction of sp³-hybridized carbons (Fsp3) is 0.312. The molecular formula is C16H16ClN3O2. The van der Waals surface area contributed by atoms with Gasteiger partial charge in [0.05, 0.1) is 5.92 Å². The van der Waals surface area contributed by atoms with Gasteiger partial charge in [0.25, 0.3) is 0 Å². The Morgan fingerprint density at radius 3 is 3.05 bits per heavy atom. The van der Waals surface area contributed by atoms with Crippen molar-refractivity contribution in [3.8, 4) is 11.4 Å². The van der Waals surface area contributed by atoms with Gasteiger partial charge in [-0.25, -0.2) is 0 Å². The van der Waals surface area contributed by atoms with Crippen LogP contribution in [0, 0.1) is 0 Å². The van der Waals surface area contributed by atoms with E-state index < -0.39 is 0 Å². The summed E-state index contributed by atoms with van der Waals surface area (Å²) < 4.78 is 5.31. The van der Waals surface area contributed by atoms with Crippen LogP contribution >= 0.6 is 11.6 Å². The van der Waals surface area contributed by atoms with Crippen LogP contribution < -0.4 is 0 Å². The molecule has 5 nitrogen and oxygen atoms in total. The summed E-state index contributed by atoms with van der Waals surface area (Å²) >= 11 is 5.96. The van der Waals surface area contributed by atoms with Crippen LogP contribution in [-0.4, -0.2) is 34.0 Å². The van der Waals surface area contributed by atoms with E-state index in [-0.39, 0.29) is 11.8 Å². The molecule has 1 aromatic heterocycles. The predicted molar refractivity (Wildman–Crippen MR) is 83.5 cm³/mol. The molecule has 2 aromatic rings. The quantitative estimate of drug-likeness (QED) is 0.794. The number of carbonyl (C=O) groups excluding carboxylic acids is 1. The first-order valence-electron chi connectivity index (χ1n) is 7.15. The lowest BCUT2D eigenvalue weighted by molar-refractivity contribution is -0.135. The van der Waals surface area contributed by atoms with Gasteiger partial charge >= 0.3 is 0 Å². The molecule has 0 N–H and O–H groups in total. The number of hydrogen-bond donors (Lipinski definition) is 0. The summed E-state index contributed by atoms with van der Waals surface area (Å²) in [5.41, 5.74) is 0.820. The third kappa shape index (κ3) is 3.04. The van der Waals surface area contributed by atoms with Crippen molar-refractivity contribution in [2.24, 2.45) is 0 Å². The van der Waals surface area contributed by atoms with Gasteiger partial charge in [-0.3, -0.25) is 4.79 Å². The zero-order chi connectivity index (χ0) is 15.5. The smallest absolute Gasteiger partial charge is 0.233 e. The van der Waals surface area contributed by atoms with E-state index in [2.05, 4.69) is 16.7 Å². The largest absolute Gasteiger partial charge is 0.341 e. The van der Waals surface area contributed by atoms with Crippen molar-refractivity contribution >= 4 is 17.5 Å². The third-order valence-corrected chi connectivity index (χ3v) is 3.91. The number of rotatable bonds is 5. The third-order valence-electron chi connectivity index (χ3n) is 3.67. The van der Waals surface area contributed by atoms with E-state index in [9.17, 15) is 4.79 Å². The highest BCUT2D eigenvalue weighted by Gasteiger charge is 2.35. The average molecular weight is 318 g/mol. The maximum absolute atomic E-state index is 11.8. The summed E-state index contributed by atoms with van der Waals surface area (Å²) in [4.78, 5) is 18.0. The van der Waals surface area contributed by atoms with Crippen LogP contribution in [0.4, 0.5) is 0 Å².